The molecule has 4 nitrogen and oxygen atoms in total. The molecule has 1 N–H and O–H groups in total. The number of methoxy groups -OCH3 is 1. The molecule has 0 heterocycles. The van der Waals surface area contributed by atoms with E-state index in [1.54, 1.807) is 42.5 Å². The topological polar surface area (TPSA) is 62.1 Å². The van der Waals surface area contributed by atoms with Gasteiger partial charge in [-0.2, -0.15) is 5.26 Å². The number of nitrogens with zero attached hydrogens (tertiary/aromatic N) is 1. The summed E-state index contributed by atoms with van der Waals surface area (Å²) in [5.74, 6) is -0.335. The highest BCUT2D eigenvalue weighted by atomic mass is 79.9. The van der Waals surface area contributed by atoms with Crippen molar-refractivity contribution in [2.45, 2.75) is 6.42 Å². The first-order valence-corrected chi connectivity index (χ1v) is 10.4. The molecule has 156 valence electrons. The van der Waals surface area contributed by atoms with E-state index in [2.05, 4.69) is 21.2 Å². The SMILES string of the molecule is COc1cc(/C=C(\C#N)C(=O)Nc2ccccc2Cl)cc(Br)c1Cc1cccc(F)c1. The van der Waals surface area contributed by atoms with Gasteiger partial charge in [-0.3, -0.25) is 4.79 Å². The molecule has 0 saturated carbocycles. The Morgan fingerprint density at radius 1 is 1.23 bits per heavy atom. The van der Waals surface area contributed by atoms with Gasteiger partial charge in [0.15, 0.2) is 0 Å². The van der Waals surface area contributed by atoms with Crippen molar-refractivity contribution in [1.82, 2.24) is 0 Å². The van der Waals surface area contributed by atoms with Gasteiger partial charge in [0.1, 0.15) is 23.2 Å². The molecule has 0 aromatic heterocycles. The maximum absolute atomic E-state index is 13.5. The van der Waals surface area contributed by atoms with Crippen molar-refractivity contribution in [3.8, 4) is 11.8 Å². The molecule has 0 saturated heterocycles. The third-order valence-electron chi connectivity index (χ3n) is 4.46. The van der Waals surface area contributed by atoms with E-state index in [4.69, 9.17) is 16.3 Å². The lowest BCUT2D eigenvalue weighted by Gasteiger charge is -2.13. The Morgan fingerprint density at radius 2 is 2.00 bits per heavy atom. The predicted molar refractivity (Wildman–Crippen MR) is 124 cm³/mol. The Bertz CT molecular complexity index is 1200. The average Bonchev–Trinajstić information content (AvgIpc) is 2.75. The number of benzene rings is 3. The third-order valence-corrected chi connectivity index (χ3v) is 5.50. The Morgan fingerprint density at radius 3 is 2.68 bits per heavy atom. The molecule has 0 unspecified atom stereocenters. The minimum absolute atomic E-state index is 0.0910. The second-order valence-electron chi connectivity index (χ2n) is 6.59. The number of para-hydroxylation sites is 1. The zero-order chi connectivity index (χ0) is 22.4. The van der Waals surface area contributed by atoms with Crippen LogP contribution in [-0.2, 0) is 11.2 Å². The van der Waals surface area contributed by atoms with Gasteiger partial charge in [-0.25, -0.2) is 4.39 Å². The van der Waals surface area contributed by atoms with Crippen LogP contribution in [0.5, 0.6) is 5.75 Å². The van der Waals surface area contributed by atoms with Gasteiger partial charge >= 0.3 is 0 Å². The summed E-state index contributed by atoms with van der Waals surface area (Å²) in [6, 6.07) is 18.5. The van der Waals surface area contributed by atoms with E-state index in [0.29, 0.717) is 32.9 Å². The van der Waals surface area contributed by atoms with E-state index >= 15 is 0 Å². The minimum atomic E-state index is -0.575. The van der Waals surface area contributed by atoms with Gasteiger partial charge in [0.05, 0.1) is 17.8 Å². The van der Waals surface area contributed by atoms with Gasteiger partial charge in [0.25, 0.3) is 5.91 Å². The zero-order valence-corrected chi connectivity index (χ0v) is 18.8. The lowest BCUT2D eigenvalue weighted by Crippen LogP contribution is -2.13. The first-order valence-electron chi connectivity index (χ1n) is 9.19. The molecule has 7 heteroatoms. The van der Waals surface area contributed by atoms with Gasteiger partial charge in [-0.1, -0.05) is 51.8 Å². The smallest absolute Gasteiger partial charge is 0.266 e. The normalized spacial score (nSPS) is 11.0. The number of ether oxygens (including phenoxy) is 1. The summed E-state index contributed by atoms with van der Waals surface area (Å²) >= 11 is 9.59. The quantitative estimate of drug-likeness (QED) is 0.316. The molecule has 31 heavy (non-hydrogen) atoms. The van der Waals surface area contributed by atoms with Crippen molar-refractivity contribution in [3.05, 3.63) is 98.2 Å². The number of hydrogen-bond donors (Lipinski definition) is 1. The standard InChI is InChI=1S/C24H17BrClFN2O2/c1-31-23-13-16(12-20(25)19(23)11-15-5-4-6-18(27)10-15)9-17(14-28)24(30)29-22-8-3-2-7-21(22)26/h2-10,12-13H,11H2,1H3,(H,29,30)/b17-9+. The molecule has 0 spiro atoms. The Hall–Kier alpha value is -3.14. The van der Waals surface area contributed by atoms with Gasteiger partial charge in [-0.05, 0) is 53.6 Å². The number of amides is 1. The summed E-state index contributed by atoms with van der Waals surface area (Å²) in [4.78, 5) is 12.5. The zero-order valence-electron chi connectivity index (χ0n) is 16.5. The van der Waals surface area contributed by atoms with Crippen LogP contribution in [0.3, 0.4) is 0 Å². The second kappa shape index (κ2) is 10.3. The molecule has 3 rings (SSSR count). The van der Waals surface area contributed by atoms with Crippen molar-refractivity contribution in [2.24, 2.45) is 0 Å². The van der Waals surface area contributed by atoms with Crippen molar-refractivity contribution in [2.75, 3.05) is 12.4 Å². The molecular weight excluding hydrogens is 483 g/mol. The van der Waals surface area contributed by atoms with Gasteiger partial charge in [-0.15, -0.1) is 0 Å². The molecule has 0 bridgehead atoms. The Balaban J connectivity index is 1.90. The highest BCUT2D eigenvalue weighted by molar-refractivity contribution is 9.10. The number of halogens is 3. The molecule has 0 radical (unpaired) electrons. The monoisotopic (exact) mass is 498 g/mol. The lowest BCUT2D eigenvalue weighted by molar-refractivity contribution is -0.112. The summed E-state index contributed by atoms with van der Waals surface area (Å²) < 4.78 is 19.7. The van der Waals surface area contributed by atoms with E-state index < -0.39 is 5.91 Å². The summed E-state index contributed by atoms with van der Waals surface area (Å²) in [5.41, 5.74) is 2.53. The van der Waals surface area contributed by atoms with Gasteiger partial charge in [0.2, 0.25) is 0 Å². The molecule has 0 aliphatic heterocycles. The molecule has 3 aromatic rings. The number of rotatable bonds is 6. The predicted octanol–water partition coefficient (Wildman–Crippen LogP) is 6.39. The van der Waals surface area contributed by atoms with E-state index in [1.165, 1.54) is 25.3 Å². The average molecular weight is 500 g/mol. The highest BCUT2D eigenvalue weighted by Crippen LogP contribution is 2.32. The van der Waals surface area contributed by atoms with Crippen LogP contribution < -0.4 is 10.1 Å². The van der Waals surface area contributed by atoms with Crippen LogP contribution in [0.25, 0.3) is 6.08 Å². The van der Waals surface area contributed by atoms with E-state index in [-0.39, 0.29) is 11.4 Å². The molecule has 0 aliphatic rings. The molecular formula is C24H17BrClFN2O2. The minimum Gasteiger partial charge on any atom is -0.496 e. The summed E-state index contributed by atoms with van der Waals surface area (Å²) in [6.45, 7) is 0. The fraction of sp³-hybridized carbons (Fsp3) is 0.0833. The molecule has 0 atom stereocenters. The molecule has 3 aromatic carbocycles. The first kappa shape index (κ1) is 22.5. The van der Waals surface area contributed by atoms with Crippen molar-refractivity contribution >= 4 is 45.2 Å². The Kier molecular flexibility index (Phi) is 7.45. The van der Waals surface area contributed by atoms with Crippen molar-refractivity contribution in [3.63, 3.8) is 0 Å². The number of hydrogen-bond acceptors (Lipinski definition) is 3. The fourth-order valence-corrected chi connectivity index (χ4v) is 3.77. The fourth-order valence-electron chi connectivity index (χ4n) is 2.99. The van der Waals surface area contributed by atoms with E-state index in [9.17, 15) is 14.4 Å². The summed E-state index contributed by atoms with van der Waals surface area (Å²) in [7, 11) is 1.53. The molecule has 0 aliphatic carbocycles. The first-order chi connectivity index (χ1) is 14.9. The van der Waals surface area contributed by atoms with Crippen molar-refractivity contribution < 1.29 is 13.9 Å². The van der Waals surface area contributed by atoms with Crippen LogP contribution >= 0.6 is 27.5 Å². The summed E-state index contributed by atoms with van der Waals surface area (Å²) in [6.07, 6.45) is 1.91. The van der Waals surface area contributed by atoms with Gasteiger partial charge in [0, 0.05) is 16.5 Å². The maximum atomic E-state index is 13.5. The summed E-state index contributed by atoms with van der Waals surface area (Å²) in [5, 5.41) is 12.5. The van der Waals surface area contributed by atoms with Crippen LogP contribution in [-0.4, -0.2) is 13.0 Å². The van der Waals surface area contributed by atoms with Crippen LogP contribution in [0, 0.1) is 17.1 Å². The van der Waals surface area contributed by atoms with Crippen LogP contribution in [0.2, 0.25) is 5.02 Å². The van der Waals surface area contributed by atoms with Crippen LogP contribution in [0.4, 0.5) is 10.1 Å². The lowest BCUT2D eigenvalue weighted by atomic mass is 10.0. The Labute approximate surface area is 193 Å². The number of carbonyl (C=O) groups excluding carboxylic acids is 1. The highest BCUT2D eigenvalue weighted by Gasteiger charge is 2.14. The number of carbonyl (C=O) groups is 1. The molecule has 1 amide bonds. The molecule has 0 fully saturated rings. The van der Waals surface area contributed by atoms with Crippen molar-refractivity contribution in [1.29, 1.82) is 5.26 Å². The number of nitrogens with one attached hydrogen (secondary N) is 1. The maximum Gasteiger partial charge on any atom is 0.266 e. The second-order valence-corrected chi connectivity index (χ2v) is 7.86. The van der Waals surface area contributed by atoms with Crippen LogP contribution in [0.15, 0.2) is 70.7 Å². The van der Waals surface area contributed by atoms with Gasteiger partial charge < -0.3 is 10.1 Å². The third kappa shape index (κ3) is 5.72. The number of nitriles is 1. The van der Waals surface area contributed by atoms with E-state index in [0.717, 1.165) is 11.1 Å². The van der Waals surface area contributed by atoms with Crippen LogP contribution in [0.1, 0.15) is 16.7 Å². The number of anilines is 1. The van der Waals surface area contributed by atoms with E-state index in [1.807, 2.05) is 12.1 Å². The largest absolute Gasteiger partial charge is 0.496 e.